The lowest BCUT2D eigenvalue weighted by molar-refractivity contribution is -0.161. The van der Waals surface area contributed by atoms with Crippen LogP contribution in [0.5, 0.6) is 0 Å². The van der Waals surface area contributed by atoms with Crippen molar-refractivity contribution in [1.82, 2.24) is 0 Å². The molecule has 4 nitrogen and oxygen atoms in total. The Bertz CT molecular complexity index is 571. The monoisotopic (exact) mass is 374 g/mol. The lowest BCUT2D eigenvalue weighted by atomic mass is 9.75. The normalized spacial score (nSPS) is 14.4. The number of hydrogen-bond acceptors (Lipinski definition) is 3. The first-order valence-electron chi connectivity index (χ1n) is 6.31. The molecule has 0 saturated heterocycles. The summed E-state index contributed by atoms with van der Waals surface area (Å²) in [7, 11) is 0. The van der Waals surface area contributed by atoms with E-state index in [9.17, 15) is 14.7 Å². The van der Waals surface area contributed by atoms with Crippen LogP contribution in [0.4, 0.5) is 0 Å². The van der Waals surface area contributed by atoms with Gasteiger partial charge in [0.25, 0.3) is 0 Å². The lowest BCUT2D eigenvalue weighted by Gasteiger charge is -2.28. The number of halogens is 2. The first-order chi connectivity index (χ1) is 9.88. The minimum absolute atomic E-state index is 0.0544. The van der Waals surface area contributed by atoms with Crippen molar-refractivity contribution in [1.29, 1.82) is 0 Å². The maximum atomic E-state index is 12.4. The summed E-state index contributed by atoms with van der Waals surface area (Å²) in [6.07, 6.45) is -0.0544. The highest BCUT2D eigenvalue weighted by Crippen LogP contribution is 2.35. The van der Waals surface area contributed by atoms with Gasteiger partial charge in [-0.05, 0) is 31.5 Å². The van der Waals surface area contributed by atoms with E-state index in [1.54, 1.807) is 38.1 Å². The number of esters is 1. The standard InChI is InChI=1S/C15H16BrClO4/c1-3-21-14(20)15(13(18)19,8-10(2)9-17)11-5-4-6-12(16)7-11/h4-7,9H,3,8H2,1-2H3,(H,18,19)/b10-9+. The van der Waals surface area contributed by atoms with Crippen LogP contribution in [0.2, 0.25) is 0 Å². The fraction of sp³-hybridized carbons (Fsp3) is 0.333. The Morgan fingerprint density at radius 2 is 2.14 bits per heavy atom. The first kappa shape index (κ1) is 17.7. The second-order valence-corrected chi connectivity index (χ2v) is 5.71. The number of carbonyl (C=O) groups excluding carboxylic acids is 1. The number of carbonyl (C=O) groups is 2. The highest BCUT2D eigenvalue weighted by Gasteiger charge is 2.49. The van der Waals surface area contributed by atoms with Gasteiger partial charge >= 0.3 is 11.9 Å². The molecule has 0 heterocycles. The maximum Gasteiger partial charge on any atom is 0.328 e. The van der Waals surface area contributed by atoms with E-state index >= 15 is 0 Å². The molecular weight excluding hydrogens is 360 g/mol. The van der Waals surface area contributed by atoms with Crippen molar-refractivity contribution in [3.63, 3.8) is 0 Å². The molecule has 0 aliphatic rings. The van der Waals surface area contributed by atoms with Crippen LogP contribution in [0.15, 0.2) is 39.8 Å². The molecule has 114 valence electrons. The molecule has 0 saturated carbocycles. The van der Waals surface area contributed by atoms with Gasteiger partial charge in [-0.3, -0.25) is 9.59 Å². The fourth-order valence-corrected chi connectivity index (χ4v) is 2.52. The van der Waals surface area contributed by atoms with E-state index in [4.69, 9.17) is 16.3 Å². The van der Waals surface area contributed by atoms with Crippen LogP contribution in [-0.2, 0) is 19.7 Å². The zero-order chi connectivity index (χ0) is 16.0. The molecule has 1 atom stereocenters. The molecule has 0 radical (unpaired) electrons. The van der Waals surface area contributed by atoms with Gasteiger partial charge in [-0.1, -0.05) is 45.2 Å². The van der Waals surface area contributed by atoms with Crippen molar-refractivity contribution in [3.8, 4) is 0 Å². The van der Waals surface area contributed by atoms with Gasteiger partial charge in [0, 0.05) is 16.4 Å². The fourth-order valence-electron chi connectivity index (χ4n) is 2.04. The number of aliphatic carboxylic acids is 1. The second-order valence-electron chi connectivity index (χ2n) is 4.57. The SMILES string of the molecule is CCOC(=O)C(C/C(C)=C/Cl)(C(=O)O)c1cccc(Br)c1. The molecule has 1 aromatic rings. The van der Waals surface area contributed by atoms with Crippen molar-refractivity contribution in [3.05, 3.63) is 45.4 Å². The summed E-state index contributed by atoms with van der Waals surface area (Å²) < 4.78 is 5.69. The molecule has 0 aromatic heterocycles. The van der Waals surface area contributed by atoms with Crippen molar-refractivity contribution >= 4 is 39.5 Å². The number of hydrogen-bond donors (Lipinski definition) is 1. The van der Waals surface area contributed by atoms with Gasteiger partial charge < -0.3 is 9.84 Å². The quantitative estimate of drug-likeness (QED) is 0.605. The molecular formula is C15H16BrClO4. The third kappa shape index (κ3) is 3.86. The Morgan fingerprint density at radius 3 is 2.62 bits per heavy atom. The van der Waals surface area contributed by atoms with Crippen LogP contribution in [0.3, 0.4) is 0 Å². The molecule has 1 N–H and O–H groups in total. The molecule has 0 fully saturated rings. The summed E-state index contributed by atoms with van der Waals surface area (Å²) in [6, 6.07) is 6.63. The van der Waals surface area contributed by atoms with E-state index in [2.05, 4.69) is 15.9 Å². The van der Waals surface area contributed by atoms with E-state index in [1.807, 2.05) is 0 Å². The number of allylic oxidation sites excluding steroid dienone is 1. The Hall–Kier alpha value is -1.33. The third-order valence-electron chi connectivity index (χ3n) is 3.04. The Labute approximate surface area is 136 Å². The molecule has 0 spiro atoms. The van der Waals surface area contributed by atoms with Crippen LogP contribution in [-0.4, -0.2) is 23.7 Å². The van der Waals surface area contributed by atoms with Crippen molar-refractivity contribution in [2.45, 2.75) is 25.7 Å². The van der Waals surface area contributed by atoms with Crippen molar-refractivity contribution in [2.75, 3.05) is 6.61 Å². The van der Waals surface area contributed by atoms with Crippen LogP contribution in [0, 0.1) is 0 Å². The molecule has 0 aliphatic heterocycles. The molecule has 1 unspecified atom stereocenters. The van der Waals surface area contributed by atoms with Gasteiger partial charge in [0.15, 0.2) is 5.41 Å². The van der Waals surface area contributed by atoms with E-state index < -0.39 is 17.4 Å². The zero-order valence-corrected chi connectivity index (χ0v) is 14.1. The molecule has 0 bridgehead atoms. The minimum Gasteiger partial charge on any atom is -0.480 e. The molecule has 21 heavy (non-hydrogen) atoms. The molecule has 1 aromatic carbocycles. The highest BCUT2D eigenvalue weighted by molar-refractivity contribution is 9.10. The van der Waals surface area contributed by atoms with Gasteiger partial charge in [-0.2, -0.15) is 0 Å². The van der Waals surface area contributed by atoms with Gasteiger partial charge in [0.1, 0.15) is 0 Å². The largest absolute Gasteiger partial charge is 0.480 e. The predicted molar refractivity (Wildman–Crippen MR) is 84.3 cm³/mol. The number of ether oxygens (including phenoxy) is 1. The summed E-state index contributed by atoms with van der Waals surface area (Å²) >= 11 is 8.94. The molecule has 6 heteroatoms. The van der Waals surface area contributed by atoms with Gasteiger partial charge in [-0.25, -0.2) is 0 Å². The first-order valence-corrected chi connectivity index (χ1v) is 7.54. The third-order valence-corrected chi connectivity index (χ3v) is 3.90. The Balaban J connectivity index is 3.50. The van der Waals surface area contributed by atoms with E-state index in [0.29, 0.717) is 15.6 Å². The summed E-state index contributed by atoms with van der Waals surface area (Å²) in [5.41, 5.74) is 0.386. The van der Waals surface area contributed by atoms with Crippen molar-refractivity contribution < 1.29 is 19.4 Å². The van der Waals surface area contributed by atoms with Crippen molar-refractivity contribution in [2.24, 2.45) is 0 Å². The highest BCUT2D eigenvalue weighted by atomic mass is 79.9. The molecule has 0 aliphatic carbocycles. The smallest absolute Gasteiger partial charge is 0.328 e. The summed E-state index contributed by atoms with van der Waals surface area (Å²) in [4.78, 5) is 24.3. The summed E-state index contributed by atoms with van der Waals surface area (Å²) in [5.74, 6) is -2.06. The topological polar surface area (TPSA) is 63.6 Å². The van der Waals surface area contributed by atoms with E-state index in [0.717, 1.165) is 0 Å². The number of carboxylic acids is 1. The Morgan fingerprint density at radius 1 is 1.48 bits per heavy atom. The zero-order valence-electron chi connectivity index (χ0n) is 11.7. The second kappa shape index (κ2) is 7.61. The van der Waals surface area contributed by atoms with Crippen LogP contribution < -0.4 is 0 Å². The van der Waals surface area contributed by atoms with Gasteiger partial charge in [0.05, 0.1) is 6.61 Å². The predicted octanol–water partition coefficient (Wildman–Crippen LogP) is 3.87. The van der Waals surface area contributed by atoms with E-state index in [1.165, 1.54) is 5.54 Å². The Kier molecular flexibility index (Phi) is 6.42. The average Bonchev–Trinajstić information content (AvgIpc) is 2.44. The molecule has 1 rings (SSSR count). The van der Waals surface area contributed by atoms with Crippen LogP contribution >= 0.6 is 27.5 Å². The maximum absolute atomic E-state index is 12.4. The molecule has 0 amide bonds. The van der Waals surface area contributed by atoms with E-state index in [-0.39, 0.29) is 13.0 Å². The number of benzene rings is 1. The van der Waals surface area contributed by atoms with Crippen LogP contribution in [0.1, 0.15) is 25.8 Å². The van der Waals surface area contributed by atoms with Gasteiger partial charge in [-0.15, -0.1) is 0 Å². The lowest BCUT2D eigenvalue weighted by Crippen LogP contribution is -2.45. The van der Waals surface area contributed by atoms with Crippen LogP contribution in [0.25, 0.3) is 0 Å². The summed E-state index contributed by atoms with van der Waals surface area (Å²) in [6.45, 7) is 3.41. The minimum atomic E-state index is -1.81. The average molecular weight is 376 g/mol. The number of rotatable bonds is 6. The summed E-state index contributed by atoms with van der Waals surface area (Å²) in [5, 5.41) is 9.72. The van der Waals surface area contributed by atoms with Gasteiger partial charge in [0.2, 0.25) is 0 Å². The number of carboxylic acid groups (broad SMARTS) is 1.